The zero-order valence-corrected chi connectivity index (χ0v) is 16.9. The Morgan fingerprint density at radius 3 is 2.53 bits per heavy atom. The van der Waals surface area contributed by atoms with Crippen molar-refractivity contribution in [2.75, 3.05) is 7.05 Å². The number of hydrogen-bond acceptors (Lipinski definition) is 3. The predicted octanol–water partition coefficient (Wildman–Crippen LogP) is 5.19. The number of aromatic nitrogens is 1. The minimum atomic E-state index is -4.79. The standard InChI is InChI=1S/C20H14Cl2F3N3O2/c1-26-18(29)14-4-5-17(28-6-2-3-16(14)28)15-10-19(30-27-15,20(23,24)25)11-7-12(21)9-13(22)8-11/h2-9H,10H2,1H3,(H,26,29). The molecule has 1 aromatic carbocycles. The molecule has 156 valence electrons. The van der Waals surface area contributed by atoms with Crippen LogP contribution in [0.1, 0.15) is 28.0 Å². The molecule has 4 rings (SSSR count). The number of halogens is 5. The molecule has 0 saturated carbocycles. The fourth-order valence-electron chi connectivity index (χ4n) is 3.53. The van der Waals surface area contributed by atoms with Crippen molar-refractivity contribution in [3.05, 3.63) is 75.5 Å². The molecule has 3 heterocycles. The number of pyridine rings is 1. The Balaban J connectivity index is 1.80. The van der Waals surface area contributed by atoms with Gasteiger partial charge in [0, 0.05) is 28.9 Å². The lowest BCUT2D eigenvalue weighted by molar-refractivity contribution is -0.275. The Morgan fingerprint density at radius 2 is 1.90 bits per heavy atom. The number of nitrogens with zero attached hydrogens (tertiary/aromatic N) is 2. The second-order valence-electron chi connectivity index (χ2n) is 6.76. The molecule has 1 atom stereocenters. The smallest absolute Gasteiger partial charge is 0.374 e. The molecule has 0 saturated heterocycles. The zero-order chi connectivity index (χ0) is 21.7. The van der Waals surface area contributed by atoms with Gasteiger partial charge >= 0.3 is 6.18 Å². The number of nitrogens with one attached hydrogen (secondary N) is 1. The molecule has 0 aliphatic carbocycles. The molecule has 0 bridgehead atoms. The fourth-order valence-corrected chi connectivity index (χ4v) is 4.05. The van der Waals surface area contributed by atoms with Crippen LogP contribution >= 0.6 is 23.2 Å². The Labute approximate surface area is 179 Å². The van der Waals surface area contributed by atoms with Gasteiger partial charge in [-0.15, -0.1) is 0 Å². The van der Waals surface area contributed by atoms with Gasteiger partial charge in [0.25, 0.3) is 11.5 Å². The summed E-state index contributed by atoms with van der Waals surface area (Å²) < 4.78 is 44.1. The van der Waals surface area contributed by atoms with E-state index in [0.29, 0.717) is 16.8 Å². The van der Waals surface area contributed by atoms with Gasteiger partial charge in [-0.3, -0.25) is 4.79 Å². The number of carbonyl (C=O) groups excluding carboxylic acids is 1. The average Bonchev–Trinajstić information content (AvgIpc) is 3.33. The molecule has 3 aromatic rings. The molecule has 1 unspecified atom stereocenters. The van der Waals surface area contributed by atoms with E-state index in [1.54, 1.807) is 22.7 Å². The van der Waals surface area contributed by atoms with Crippen molar-refractivity contribution in [3.8, 4) is 0 Å². The molecule has 30 heavy (non-hydrogen) atoms. The van der Waals surface area contributed by atoms with Crippen LogP contribution in [0.25, 0.3) is 5.52 Å². The van der Waals surface area contributed by atoms with E-state index in [0.717, 1.165) is 0 Å². The number of rotatable bonds is 3. The first-order valence-corrected chi connectivity index (χ1v) is 9.53. The highest BCUT2D eigenvalue weighted by atomic mass is 35.5. The van der Waals surface area contributed by atoms with Crippen molar-refractivity contribution in [3.63, 3.8) is 0 Å². The van der Waals surface area contributed by atoms with Gasteiger partial charge in [0.1, 0.15) is 5.71 Å². The first kappa shape index (κ1) is 20.6. The number of benzene rings is 1. The van der Waals surface area contributed by atoms with Crippen LogP contribution in [-0.4, -0.2) is 29.2 Å². The average molecular weight is 456 g/mol. The molecular formula is C20H14Cl2F3N3O2. The minimum Gasteiger partial charge on any atom is -0.374 e. The van der Waals surface area contributed by atoms with Gasteiger partial charge in [0.15, 0.2) is 0 Å². The molecule has 0 radical (unpaired) electrons. The van der Waals surface area contributed by atoms with Crippen molar-refractivity contribution >= 4 is 40.3 Å². The molecule has 1 aliphatic rings. The summed E-state index contributed by atoms with van der Waals surface area (Å²) in [7, 11) is 1.50. The first-order valence-electron chi connectivity index (χ1n) is 8.77. The van der Waals surface area contributed by atoms with Gasteiger partial charge < -0.3 is 14.6 Å². The van der Waals surface area contributed by atoms with Crippen LogP contribution in [0.4, 0.5) is 13.2 Å². The van der Waals surface area contributed by atoms with Crippen LogP contribution in [0.5, 0.6) is 0 Å². The summed E-state index contributed by atoms with van der Waals surface area (Å²) in [4.78, 5) is 17.1. The fraction of sp³-hybridized carbons (Fsp3) is 0.200. The van der Waals surface area contributed by atoms with E-state index in [1.807, 2.05) is 0 Å². The Hall–Kier alpha value is -2.71. The highest BCUT2D eigenvalue weighted by molar-refractivity contribution is 6.34. The largest absolute Gasteiger partial charge is 0.435 e. The van der Waals surface area contributed by atoms with Gasteiger partial charge in [0.2, 0.25) is 0 Å². The lowest BCUT2D eigenvalue weighted by atomic mass is 9.87. The van der Waals surface area contributed by atoms with E-state index in [1.165, 1.54) is 37.4 Å². The maximum absolute atomic E-state index is 14.2. The highest BCUT2D eigenvalue weighted by Gasteiger charge is 2.62. The molecular weight excluding hydrogens is 442 g/mol. The third-order valence-electron chi connectivity index (χ3n) is 4.97. The summed E-state index contributed by atoms with van der Waals surface area (Å²) in [6, 6.07) is 10.1. The monoisotopic (exact) mass is 455 g/mol. The maximum Gasteiger partial charge on any atom is 0.435 e. The molecule has 10 heteroatoms. The topological polar surface area (TPSA) is 55.1 Å². The van der Waals surface area contributed by atoms with E-state index in [9.17, 15) is 18.0 Å². The minimum absolute atomic E-state index is 0.0564. The second kappa shape index (κ2) is 7.21. The van der Waals surface area contributed by atoms with Crippen LogP contribution in [0.15, 0.2) is 53.8 Å². The summed E-state index contributed by atoms with van der Waals surface area (Å²) in [5.41, 5.74) is -1.60. The third-order valence-corrected chi connectivity index (χ3v) is 5.41. The van der Waals surface area contributed by atoms with Crippen molar-refractivity contribution in [2.45, 2.75) is 18.2 Å². The van der Waals surface area contributed by atoms with Gasteiger partial charge in [-0.1, -0.05) is 28.4 Å². The summed E-state index contributed by atoms with van der Waals surface area (Å²) in [6.45, 7) is 0. The predicted molar refractivity (Wildman–Crippen MR) is 107 cm³/mol. The van der Waals surface area contributed by atoms with Crippen molar-refractivity contribution in [1.82, 2.24) is 9.72 Å². The van der Waals surface area contributed by atoms with E-state index in [2.05, 4.69) is 10.5 Å². The lowest BCUT2D eigenvalue weighted by Crippen LogP contribution is -2.42. The summed E-state index contributed by atoms with van der Waals surface area (Å²) in [6.07, 6.45) is -3.73. The molecule has 5 nitrogen and oxygen atoms in total. The molecule has 2 aromatic heterocycles. The Morgan fingerprint density at radius 1 is 1.20 bits per heavy atom. The molecule has 1 aliphatic heterocycles. The summed E-state index contributed by atoms with van der Waals surface area (Å²) in [5.74, 6) is -0.312. The van der Waals surface area contributed by atoms with Crippen LogP contribution in [0.3, 0.4) is 0 Å². The molecule has 1 amide bonds. The van der Waals surface area contributed by atoms with Crippen LogP contribution in [0, 0.1) is 0 Å². The Bertz CT molecular complexity index is 1170. The van der Waals surface area contributed by atoms with E-state index >= 15 is 0 Å². The lowest BCUT2D eigenvalue weighted by Gasteiger charge is -2.29. The number of carbonyl (C=O) groups is 1. The number of amides is 1. The van der Waals surface area contributed by atoms with Gasteiger partial charge in [-0.05, 0) is 42.5 Å². The highest BCUT2D eigenvalue weighted by Crippen LogP contribution is 2.49. The van der Waals surface area contributed by atoms with Crippen molar-refractivity contribution < 1.29 is 22.8 Å². The van der Waals surface area contributed by atoms with E-state index < -0.39 is 18.2 Å². The third kappa shape index (κ3) is 3.20. The van der Waals surface area contributed by atoms with Crippen molar-refractivity contribution in [2.24, 2.45) is 5.16 Å². The number of oxime groups is 1. The maximum atomic E-state index is 14.2. The van der Waals surface area contributed by atoms with Crippen LogP contribution in [-0.2, 0) is 10.4 Å². The number of alkyl halides is 3. The molecule has 1 N–H and O–H groups in total. The normalized spacial score (nSPS) is 18.9. The van der Waals surface area contributed by atoms with Gasteiger partial charge in [0.05, 0.1) is 23.2 Å². The van der Waals surface area contributed by atoms with Gasteiger partial charge in [-0.25, -0.2) is 0 Å². The SMILES string of the molecule is CNC(=O)c1ccc(C2=NOC(c3cc(Cl)cc(Cl)c3)(C(F)(F)F)C2)n2cccc12. The van der Waals surface area contributed by atoms with E-state index in [-0.39, 0.29) is 27.2 Å². The Kier molecular flexibility index (Phi) is 4.94. The summed E-state index contributed by atoms with van der Waals surface area (Å²) in [5, 5.41) is 6.42. The first-order chi connectivity index (χ1) is 14.2. The quantitative estimate of drug-likeness (QED) is 0.590. The van der Waals surface area contributed by atoms with Crippen LogP contribution in [0.2, 0.25) is 10.0 Å². The van der Waals surface area contributed by atoms with Crippen molar-refractivity contribution in [1.29, 1.82) is 0 Å². The molecule has 0 spiro atoms. The van der Waals surface area contributed by atoms with E-state index in [4.69, 9.17) is 28.0 Å². The number of fused-ring (bicyclic) bond motifs is 1. The van der Waals surface area contributed by atoms with Gasteiger partial charge in [-0.2, -0.15) is 13.2 Å². The summed E-state index contributed by atoms with van der Waals surface area (Å²) >= 11 is 11.9. The van der Waals surface area contributed by atoms with Crippen LogP contribution < -0.4 is 5.32 Å². The second-order valence-corrected chi connectivity index (χ2v) is 7.64. The zero-order valence-electron chi connectivity index (χ0n) is 15.4. The molecule has 0 fully saturated rings. The number of hydrogen-bond donors (Lipinski definition) is 1.